The molecule has 1 amide bonds. The van der Waals surface area contributed by atoms with E-state index in [0.717, 1.165) is 12.8 Å². The van der Waals surface area contributed by atoms with Crippen molar-refractivity contribution in [2.24, 2.45) is 0 Å². The molecule has 0 aliphatic carbocycles. The highest BCUT2D eigenvalue weighted by atomic mass is 16.3. The summed E-state index contributed by atoms with van der Waals surface area (Å²) in [6.07, 6.45) is 8.06. The number of benzene rings is 1. The van der Waals surface area contributed by atoms with Gasteiger partial charge in [-0.05, 0) is 55.5 Å². The van der Waals surface area contributed by atoms with Crippen molar-refractivity contribution < 1.29 is 9.90 Å². The third-order valence-corrected chi connectivity index (χ3v) is 5.85. The van der Waals surface area contributed by atoms with Crippen LogP contribution in [0.2, 0.25) is 0 Å². The van der Waals surface area contributed by atoms with Crippen LogP contribution in [0.3, 0.4) is 0 Å². The zero-order valence-corrected chi connectivity index (χ0v) is 16.9. The minimum absolute atomic E-state index is 0.121. The topological polar surface area (TPSA) is 88.3 Å². The van der Waals surface area contributed by atoms with Gasteiger partial charge in [-0.15, -0.1) is 0 Å². The highest BCUT2D eigenvalue weighted by Gasteiger charge is 2.34. The molecular formula is C23H26N4O3. The maximum absolute atomic E-state index is 12.7. The number of aromatic nitrogens is 3. The Balaban J connectivity index is 1.31. The summed E-state index contributed by atoms with van der Waals surface area (Å²) < 4.78 is 1.48. The fourth-order valence-electron chi connectivity index (χ4n) is 4.02. The van der Waals surface area contributed by atoms with Gasteiger partial charge in [0.15, 0.2) is 0 Å². The summed E-state index contributed by atoms with van der Waals surface area (Å²) >= 11 is 0. The Hall–Kier alpha value is -3.06. The average molecular weight is 406 g/mol. The third-order valence-electron chi connectivity index (χ3n) is 5.85. The van der Waals surface area contributed by atoms with Crippen LogP contribution >= 0.6 is 0 Å². The first-order chi connectivity index (χ1) is 14.5. The number of rotatable bonds is 6. The van der Waals surface area contributed by atoms with E-state index in [2.05, 4.69) is 9.97 Å². The molecule has 0 saturated carbocycles. The molecule has 1 aliphatic rings. The fraction of sp³-hybridized carbons (Fsp3) is 0.391. The van der Waals surface area contributed by atoms with Crippen LogP contribution in [0.15, 0.2) is 59.9 Å². The molecule has 1 aliphatic heterocycles. The number of carbonyl (C=O) groups is 1. The number of pyridine rings is 1. The van der Waals surface area contributed by atoms with Gasteiger partial charge >= 0.3 is 0 Å². The summed E-state index contributed by atoms with van der Waals surface area (Å²) in [5.41, 5.74) is 0.670. The summed E-state index contributed by atoms with van der Waals surface area (Å²) in [6, 6.07) is 11.1. The number of fused-ring (bicyclic) bond motifs is 1. The highest BCUT2D eigenvalue weighted by molar-refractivity contribution is 5.77. The molecule has 0 bridgehead atoms. The Bertz CT molecular complexity index is 1070. The van der Waals surface area contributed by atoms with Gasteiger partial charge in [-0.25, -0.2) is 4.98 Å². The number of hydrogen-bond donors (Lipinski definition) is 1. The first kappa shape index (κ1) is 20.2. The monoisotopic (exact) mass is 406 g/mol. The van der Waals surface area contributed by atoms with Gasteiger partial charge in [0.1, 0.15) is 0 Å². The molecule has 1 aromatic carbocycles. The lowest BCUT2D eigenvalue weighted by molar-refractivity contribution is -0.136. The van der Waals surface area contributed by atoms with Gasteiger partial charge in [0, 0.05) is 31.9 Å². The van der Waals surface area contributed by atoms with Gasteiger partial charge in [0.05, 0.1) is 29.4 Å². The Morgan fingerprint density at radius 2 is 1.83 bits per heavy atom. The van der Waals surface area contributed by atoms with E-state index in [1.165, 1.54) is 16.5 Å². The van der Waals surface area contributed by atoms with Crippen LogP contribution in [-0.2, 0) is 17.8 Å². The van der Waals surface area contributed by atoms with Crippen molar-refractivity contribution in [1.29, 1.82) is 0 Å². The van der Waals surface area contributed by atoms with Crippen molar-refractivity contribution in [3.8, 4) is 0 Å². The predicted octanol–water partition coefficient (Wildman–Crippen LogP) is 2.17. The van der Waals surface area contributed by atoms with E-state index in [1.807, 2.05) is 29.2 Å². The number of nitrogens with zero attached hydrogens (tertiary/aromatic N) is 4. The van der Waals surface area contributed by atoms with Gasteiger partial charge in [-0.3, -0.25) is 19.1 Å². The minimum Gasteiger partial charge on any atom is -0.388 e. The van der Waals surface area contributed by atoms with E-state index >= 15 is 0 Å². The first-order valence-electron chi connectivity index (χ1n) is 10.4. The van der Waals surface area contributed by atoms with Crippen molar-refractivity contribution in [2.45, 2.75) is 44.2 Å². The van der Waals surface area contributed by atoms with E-state index < -0.39 is 5.60 Å². The van der Waals surface area contributed by atoms with Crippen molar-refractivity contribution in [2.75, 3.05) is 13.1 Å². The number of carbonyl (C=O) groups excluding carboxylic acids is 1. The molecule has 3 aromatic rings. The van der Waals surface area contributed by atoms with Crippen LogP contribution in [0.4, 0.5) is 0 Å². The predicted molar refractivity (Wildman–Crippen MR) is 114 cm³/mol. The van der Waals surface area contributed by atoms with Crippen LogP contribution in [0.1, 0.15) is 31.2 Å². The fourth-order valence-corrected chi connectivity index (χ4v) is 4.02. The van der Waals surface area contributed by atoms with Crippen molar-refractivity contribution in [3.63, 3.8) is 0 Å². The molecule has 1 saturated heterocycles. The van der Waals surface area contributed by atoms with Crippen LogP contribution in [-0.4, -0.2) is 49.1 Å². The summed E-state index contributed by atoms with van der Waals surface area (Å²) in [5.74, 6) is 0.121. The number of aryl methyl sites for hydroxylation is 1. The number of aliphatic hydroxyl groups is 1. The van der Waals surface area contributed by atoms with Crippen LogP contribution in [0.25, 0.3) is 10.9 Å². The van der Waals surface area contributed by atoms with Crippen molar-refractivity contribution in [1.82, 2.24) is 19.4 Å². The Kier molecular flexibility index (Phi) is 5.90. The van der Waals surface area contributed by atoms with Gasteiger partial charge in [-0.2, -0.15) is 0 Å². The number of para-hydroxylation sites is 1. The lowest BCUT2D eigenvalue weighted by Gasteiger charge is -2.38. The Morgan fingerprint density at radius 1 is 1.10 bits per heavy atom. The van der Waals surface area contributed by atoms with Gasteiger partial charge in [-0.1, -0.05) is 12.1 Å². The normalized spacial score (nSPS) is 16.0. The van der Waals surface area contributed by atoms with Gasteiger partial charge in [0.2, 0.25) is 5.91 Å². The summed E-state index contributed by atoms with van der Waals surface area (Å²) in [5, 5.41) is 11.6. The SMILES string of the molecule is O=C(CCCc1ccncc1)N1CCC(O)(Cn2cnc3ccccc3c2=O)CC1. The first-order valence-corrected chi connectivity index (χ1v) is 10.4. The third kappa shape index (κ3) is 4.57. The second-order valence-electron chi connectivity index (χ2n) is 8.01. The van der Waals surface area contributed by atoms with Gasteiger partial charge < -0.3 is 10.0 Å². The van der Waals surface area contributed by atoms with E-state index in [0.29, 0.717) is 43.3 Å². The Morgan fingerprint density at radius 3 is 2.60 bits per heavy atom. The summed E-state index contributed by atoms with van der Waals surface area (Å²) in [4.78, 5) is 35.4. The van der Waals surface area contributed by atoms with Crippen molar-refractivity contribution in [3.05, 3.63) is 71.0 Å². The highest BCUT2D eigenvalue weighted by Crippen LogP contribution is 2.24. The number of piperidine rings is 1. The Labute approximate surface area is 175 Å². The largest absolute Gasteiger partial charge is 0.388 e. The molecular weight excluding hydrogens is 380 g/mol. The second-order valence-corrected chi connectivity index (χ2v) is 8.01. The molecule has 3 heterocycles. The molecule has 0 unspecified atom stereocenters. The molecule has 0 spiro atoms. The molecule has 4 rings (SSSR count). The smallest absolute Gasteiger partial charge is 0.261 e. The maximum atomic E-state index is 12.7. The van der Waals surface area contributed by atoms with E-state index in [4.69, 9.17) is 0 Å². The molecule has 1 N–H and O–H groups in total. The minimum atomic E-state index is -1.01. The lowest BCUT2D eigenvalue weighted by Crippen LogP contribution is -2.49. The number of likely N-dealkylation sites (tertiary alicyclic amines) is 1. The van der Waals surface area contributed by atoms with Crippen LogP contribution in [0, 0.1) is 0 Å². The number of hydrogen-bond acceptors (Lipinski definition) is 5. The second kappa shape index (κ2) is 8.75. The summed E-state index contributed by atoms with van der Waals surface area (Å²) in [7, 11) is 0. The average Bonchev–Trinajstić information content (AvgIpc) is 2.77. The maximum Gasteiger partial charge on any atom is 0.261 e. The summed E-state index contributed by atoms with van der Waals surface area (Å²) in [6.45, 7) is 1.19. The van der Waals surface area contributed by atoms with Crippen LogP contribution in [0.5, 0.6) is 0 Å². The van der Waals surface area contributed by atoms with E-state index in [1.54, 1.807) is 24.5 Å². The molecule has 0 atom stereocenters. The van der Waals surface area contributed by atoms with E-state index in [9.17, 15) is 14.7 Å². The van der Waals surface area contributed by atoms with Crippen LogP contribution < -0.4 is 5.56 Å². The van der Waals surface area contributed by atoms with Crippen molar-refractivity contribution >= 4 is 16.8 Å². The molecule has 7 heteroatoms. The molecule has 30 heavy (non-hydrogen) atoms. The lowest BCUT2D eigenvalue weighted by atomic mass is 9.91. The van der Waals surface area contributed by atoms with E-state index in [-0.39, 0.29) is 18.0 Å². The zero-order chi connectivity index (χ0) is 21.0. The zero-order valence-electron chi connectivity index (χ0n) is 16.9. The molecule has 2 aromatic heterocycles. The van der Waals surface area contributed by atoms with Gasteiger partial charge in [0.25, 0.3) is 5.56 Å². The standard InChI is InChI=1S/C23H26N4O3/c28-21(7-3-4-18-8-12-24-13-9-18)26-14-10-23(30,11-15-26)16-27-17-25-20-6-2-1-5-19(20)22(27)29/h1-2,5-6,8-9,12-13,17,30H,3-4,7,10-11,14-16H2. The molecule has 1 fully saturated rings. The quantitative estimate of drug-likeness (QED) is 0.678. The number of amides is 1. The molecule has 7 nitrogen and oxygen atoms in total. The molecule has 0 radical (unpaired) electrons. The molecule has 156 valence electrons.